The second-order valence-corrected chi connectivity index (χ2v) is 6.39. The number of likely N-dealkylation sites (N-methyl/N-ethyl adjacent to an activating group) is 1. The van der Waals surface area contributed by atoms with Crippen LogP contribution in [0.25, 0.3) is 22.4 Å². The largest absolute Gasteiger partial charge is 0.347 e. The summed E-state index contributed by atoms with van der Waals surface area (Å²) in [5.74, 6) is 0.0322. The summed E-state index contributed by atoms with van der Waals surface area (Å²) in [6, 6.07) is 20.0. The zero-order chi connectivity index (χ0) is 18.0. The predicted molar refractivity (Wildman–Crippen MR) is 101 cm³/mol. The van der Waals surface area contributed by atoms with Gasteiger partial charge in [0.2, 0.25) is 5.91 Å². The predicted octanol–water partition coefficient (Wildman–Crippen LogP) is 4.17. The van der Waals surface area contributed by atoms with Gasteiger partial charge in [-0.3, -0.25) is 9.48 Å². The summed E-state index contributed by atoms with van der Waals surface area (Å²) in [7, 11) is 3.54. The Balaban J connectivity index is 2.21. The van der Waals surface area contributed by atoms with Gasteiger partial charge in [0.25, 0.3) is 0 Å². The molecule has 25 heavy (non-hydrogen) atoms. The molecule has 0 aliphatic heterocycles. The first-order valence-corrected chi connectivity index (χ1v) is 8.41. The van der Waals surface area contributed by atoms with Gasteiger partial charge in [-0.25, -0.2) is 0 Å². The molecule has 128 valence electrons. The third-order valence-corrected chi connectivity index (χ3v) is 4.42. The molecule has 0 saturated heterocycles. The monoisotopic (exact) mass is 333 g/mol. The van der Waals surface area contributed by atoms with Crippen LogP contribution in [0.1, 0.15) is 18.7 Å². The molecule has 0 aliphatic carbocycles. The quantitative estimate of drug-likeness (QED) is 0.718. The van der Waals surface area contributed by atoms with E-state index in [0.717, 1.165) is 28.1 Å². The fourth-order valence-corrected chi connectivity index (χ4v) is 3.12. The molecule has 0 N–H and O–H groups in total. The molecule has 0 radical (unpaired) electrons. The third-order valence-electron chi connectivity index (χ3n) is 4.42. The van der Waals surface area contributed by atoms with Crippen LogP contribution < -0.4 is 0 Å². The number of amides is 1. The number of hydrogen-bond donors (Lipinski definition) is 0. The molecule has 1 aromatic heterocycles. The molecular formula is C21H23N3O. The Hall–Kier alpha value is -2.88. The molecule has 4 heteroatoms. The van der Waals surface area contributed by atoms with Gasteiger partial charge in [0.1, 0.15) is 11.7 Å². The summed E-state index contributed by atoms with van der Waals surface area (Å²) >= 11 is 0. The number of carbonyl (C=O) groups excluding carboxylic acids is 1. The molecule has 1 unspecified atom stereocenters. The lowest BCUT2D eigenvalue weighted by Crippen LogP contribution is -2.30. The Bertz CT molecular complexity index is 867. The van der Waals surface area contributed by atoms with E-state index < -0.39 is 0 Å². The van der Waals surface area contributed by atoms with E-state index >= 15 is 0 Å². The second-order valence-electron chi connectivity index (χ2n) is 6.39. The number of benzene rings is 2. The van der Waals surface area contributed by atoms with E-state index in [1.165, 1.54) is 0 Å². The van der Waals surface area contributed by atoms with Crippen LogP contribution in [-0.4, -0.2) is 34.7 Å². The number of hydrogen-bond acceptors (Lipinski definition) is 2. The maximum Gasteiger partial charge on any atom is 0.246 e. The summed E-state index contributed by atoms with van der Waals surface area (Å²) in [5, 5.41) is 4.83. The topological polar surface area (TPSA) is 38.1 Å². The van der Waals surface area contributed by atoms with E-state index in [1.54, 1.807) is 19.0 Å². The maximum absolute atomic E-state index is 12.5. The molecular weight excluding hydrogens is 310 g/mol. The van der Waals surface area contributed by atoms with Crippen molar-refractivity contribution in [3.8, 4) is 22.4 Å². The van der Waals surface area contributed by atoms with E-state index in [0.29, 0.717) is 0 Å². The Labute approximate surface area is 148 Å². The fraction of sp³-hybridized carbons (Fsp3) is 0.238. The molecule has 3 aromatic rings. The average molecular weight is 333 g/mol. The van der Waals surface area contributed by atoms with E-state index in [2.05, 4.69) is 24.3 Å². The lowest BCUT2D eigenvalue weighted by molar-refractivity contribution is -0.132. The SMILES string of the molecule is Cc1c(-c2ccccc2)c(-c2ccccc2)nn1C(C)C(=O)N(C)C. The van der Waals surface area contributed by atoms with Crippen molar-refractivity contribution in [1.29, 1.82) is 0 Å². The first kappa shape index (κ1) is 17.0. The number of aromatic nitrogens is 2. The lowest BCUT2D eigenvalue weighted by atomic mass is 9.99. The van der Waals surface area contributed by atoms with Gasteiger partial charge >= 0.3 is 0 Å². The van der Waals surface area contributed by atoms with Crippen molar-refractivity contribution in [3.63, 3.8) is 0 Å². The van der Waals surface area contributed by atoms with Crippen LogP contribution in [0.3, 0.4) is 0 Å². The molecule has 1 atom stereocenters. The minimum atomic E-state index is -0.352. The van der Waals surface area contributed by atoms with Gasteiger partial charge in [0, 0.05) is 30.9 Å². The molecule has 3 rings (SSSR count). The van der Waals surface area contributed by atoms with Crippen LogP contribution in [0.15, 0.2) is 60.7 Å². The van der Waals surface area contributed by atoms with Gasteiger partial charge in [-0.2, -0.15) is 5.10 Å². The van der Waals surface area contributed by atoms with Crippen LogP contribution >= 0.6 is 0 Å². The molecule has 1 heterocycles. The van der Waals surface area contributed by atoms with E-state index in [1.807, 2.05) is 54.9 Å². The third kappa shape index (κ3) is 3.20. The normalized spacial score (nSPS) is 12.0. The van der Waals surface area contributed by atoms with E-state index in [9.17, 15) is 4.79 Å². The van der Waals surface area contributed by atoms with Crippen molar-refractivity contribution in [3.05, 3.63) is 66.4 Å². The molecule has 0 saturated carbocycles. The van der Waals surface area contributed by atoms with Crippen molar-refractivity contribution < 1.29 is 4.79 Å². The molecule has 0 spiro atoms. The van der Waals surface area contributed by atoms with Crippen molar-refractivity contribution in [1.82, 2.24) is 14.7 Å². The van der Waals surface area contributed by atoms with E-state index in [-0.39, 0.29) is 11.9 Å². The summed E-state index contributed by atoms with van der Waals surface area (Å²) in [6.45, 7) is 3.92. The molecule has 0 aliphatic rings. The number of carbonyl (C=O) groups is 1. The van der Waals surface area contributed by atoms with Crippen molar-refractivity contribution >= 4 is 5.91 Å². The number of rotatable bonds is 4. The van der Waals surface area contributed by atoms with Gasteiger partial charge in [-0.15, -0.1) is 0 Å². The van der Waals surface area contributed by atoms with Crippen LogP contribution in [0.2, 0.25) is 0 Å². The summed E-state index contributed by atoms with van der Waals surface area (Å²) in [6.07, 6.45) is 0. The fourth-order valence-electron chi connectivity index (χ4n) is 3.12. The number of nitrogens with zero attached hydrogens (tertiary/aromatic N) is 3. The van der Waals surface area contributed by atoms with Gasteiger partial charge in [-0.05, 0) is 19.4 Å². The summed E-state index contributed by atoms with van der Waals surface area (Å²) in [5.41, 5.74) is 5.13. The van der Waals surface area contributed by atoms with Crippen molar-refractivity contribution in [2.75, 3.05) is 14.1 Å². The van der Waals surface area contributed by atoms with Crippen LogP contribution in [-0.2, 0) is 4.79 Å². The zero-order valence-electron chi connectivity index (χ0n) is 15.1. The summed E-state index contributed by atoms with van der Waals surface area (Å²) in [4.78, 5) is 14.1. The first-order chi connectivity index (χ1) is 12.0. The Morgan fingerprint density at radius 3 is 2.00 bits per heavy atom. The second kappa shape index (κ2) is 6.93. The van der Waals surface area contributed by atoms with Gasteiger partial charge < -0.3 is 4.90 Å². The van der Waals surface area contributed by atoms with Crippen molar-refractivity contribution in [2.24, 2.45) is 0 Å². The highest BCUT2D eigenvalue weighted by molar-refractivity contribution is 5.84. The molecule has 0 bridgehead atoms. The minimum Gasteiger partial charge on any atom is -0.347 e. The van der Waals surface area contributed by atoms with Crippen LogP contribution in [0.4, 0.5) is 0 Å². The molecule has 0 fully saturated rings. The Kier molecular flexibility index (Phi) is 4.70. The minimum absolute atomic E-state index is 0.0322. The molecule has 1 amide bonds. The summed E-state index contributed by atoms with van der Waals surface area (Å²) < 4.78 is 1.84. The average Bonchev–Trinajstić information content (AvgIpc) is 2.99. The first-order valence-electron chi connectivity index (χ1n) is 8.41. The van der Waals surface area contributed by atoms with Gasteiger partial charge in [-0.1, -0.05) is 60.7 Å². The Morgan fingerprint density at radius 1 is 0.960 bits per heavy atom. The zero-order valence-corrected chi connectivity index (χ0v) is 15.1. The van der Waals surface area contributed by atoms with Crippen molar-refractivity contribution in [2.45, 2.75) is 19.9 Å². The van der Waals surface area contributed by atoms with E-state index in [4.69, 9.17) is 5.10 Å². The van der Waals surface area contributed by atoms with Crippen LogP contribution in [0.5, 0.6) is 0 Å². The maximum atomic E-state index is 12.5. The lowest BCUT2D eigenvalue weighted by Gasteiger charge is -2.18. The molecule has 4 nitrogen and oxygen atoms in total. The van der Waals surface area contributed by atoms with Gasteiger partial charge in [0.15, 0.2) is 0 Å². The van der Waals surface area contributed by atoms with Crippen LogP contribution in [0, 0.1) is 6.92 Å². The molecule has 2 aromatic carbocycles. The highest BCUT2D eigenvalue weighted by Crippen LogP contribution is 2.35. The highest BCUT2D eigenvalue weighted by atomic mass is 16.2. The van der Waals surface area contributed by atoms with Gasteiger partial charge in [0.05, 0.1) is 0 Å². The standard InChI is InChI=1S/C21H23N3O/c1-15-19(17-11-7-5-8-12-17)20(18-13-9-6-10-14-18)22-24(15)16(2)21(25)23(3)4/h5-14,16H,1-4H3. The Morgan fingerprint density at radius 2 is 1.48 bits per heavy atom. The smallest absolute Gasteiger partial charge is 0.246 e. The highest BCUT2D eigenvalue weighted by Gasteiger charge is 2.24.